The van der Waals surface area contributed by atoms with Gasteiger partial charge in [-0.2, -0.15) is 0 Å². The second kappa shape index (κ2) is 5.53. The number of hydrogen-bond donors (Lipinski definition) is 3. The quantitative estimate of drug-likeness (QED) is 0.745. The van der Waals surface area contributed by atoms with Crippen molar-refractivity contribution in [2.24, 2.45) is 5.73 Å². The minimum atomic E-state index is -1.02. The van der Waals surface area contributed by atoms with Crippen molar-refractivity contribution >= 4 is 17.6 Å². The number of carbonyl (C=O) groups excluding carboxylic acids is 1. The van der Waals surface area contributed by atoms with Gasteiger partial charge in [0.1, 0.15) is 0 Å². The molecule has 0 heterocycles. The van der Waals surface area contributed by atoms with E-state index in [4.69, 9.17) is 10.8 Å². The molecule has 0 bridgehead atoms. The van der Waals surface area contributed by atoms with Crippen LogP contribution in [0.4, 0.5) is 5.69 Å². The lowest BCUT2D eigenvalue weighted by molar-refractivity contribution is 0.0695. The molecule has 1 amide bonds. The lowest BCUT2D eigenvalue weighted by atomic mass is 10.0. The molecule has 0 unspecified atom stereocenters. The number of carboxylic acid groups (broad SMARTS) is 1. The molecule has 0 fully saturated rings. The summed E-state index contributed by atoms with van der Waals surface area (Å²) in [5, 5.41) is 12.2. The van der Waals surface area contributed by atoms with Crippen molar-refractivity contribution in [3.63, 3.8) is 0 Å². The topological polar surface area (TPSA) is 92.4 Å². The second-order valence-corrected chi connectivity index (χ2v) is 4.28. The van der Waals surface area contributed by atoms with Crippen LogP contribution in [0.5, 0.6) is 0 Å². The average molecular weight is 250 g/mol. The van der Waals surface area contributed by atoms with E-state index in [1.54, 1.807) is 6.92 Å². The van der Waals surface area contributed by atoms with Crippen molar-refractivity contribution in [1.29, 1.82) is 0 Å². The third-order valence-corrected chi connectivity index (χ3v) is 2.96. The van der Waals surface area contributed by atoms with Crippen LogP contribution in [0.25, 0.3) is 0 Å². The van der Waals surface area contributed by atoms with Crippen molar-refractivity contribution in [3.05, 3.63) is 28.8 Å². The van der Waals surface area contributed by atoms with E-state index in [1.807, 2.05) is 13.8 Å². The summed E-state index contributed by atoms with van der Waals surface area (Å²) in [4.78, 5) is 22.4. The molecule has 0 aromatic heterocycles. The summed E-state index contributed by atoms with van der Waals surface area (Å²) in [6.45, 7) is 5.62. The zero-order valence-corrected chi connectivity index (χ0v) is 10.8. The van der Waals surface area contributed by atoms with Gasteiger partial charge in [-0.25, -0.2) is 4.79 Å². The van der Waals surface area contributed by atoms with E-state index in [-0.39, 0.29) is 11.6 Å². The minimum absolute atomic E-state index is 0.130. The van der Waals surface area contributed by atoms with E-state index in [2.05, 4.69) is 5.32 Å². The average Bonchev–Trinajstić information content (AvgIpc) is 2.30. The highest BCUT2D eigenvalue weighted by Crippen LogP contribution is 2.25. The van der Waals surface area contributed by atoms with Gasteiger partial charge in [0.25, 0.3) is 5.91 Å². The molecule has 0 saturated heterocycles. The number of anilines is 1. The largest absolute Gasteiger partial charge is 0.478 e. The molecule has 0 aliphatic rings. The first-order valence-electron chi connectivity index (χ1n) is 5.81. The van der Waals surface area contributed by atoms with Gasteiger partial charge in [-0.05, 0) is 38.0 Å². The van der Waals surface area contributed by atoms with Crippen LogP contribution in [0.1, 0.15) is 46.5 Å². The molecule has 4 N–H and O–H groups in total. The van der Waals surface area contributed by atoms with Gasteiger partial charge >= 0.3 is 5.97 Å². The normalized spacial score (nSPS) is 11.9. The number of rotatable bonds is 5. The molecule has 1 aromatic carbocycles. The standard InChI is InChI=1S/C13H18N2O3/c1-4-7(2)15-11-8(3)9(13(17)18)5-6-10(11)12(14)16/h5-7,15H,4H2,1-3H3,(H2,14,16)(H,17,18)/t7-/m0/s1. The third-order valence-electron chi connectivity index (χ3n) is 2.96. The van der Waals surface area contributed by atoms with Gasteiger partial charge in [0, 0.05) is 6.04 Å². The molecule has 0 saturated carbocycles. The second-order valence-electron chi connectivity index (χ2n) is 4.28. The predicted molar refractivity (Wildman–Crippen MR) is 70.0 cm³/mol. The van der Waals surface area contributed by atoms with E-state index in [0.717, 1.165) is 6.42 Å². The maximum atomic E-state index is 11.4. The number of aromatic carboxylic acids is 1. The maximum Gasteiger partial charge on any atom is 0.336 e. The lowest BCUT2D eigenvalue weighted by Crippen LogP contribution is -2.21. The number of primary amides is 1. The SMILES string of the molecule is CC[C@H](C)Nc1c(C(N)=O)ccc(C(=O)O)c1C. The number of carboxylic acids is 1. The zero-order chi connectivity index (χ0) is 13.9. The molecule has 5 nitrogen and oxygen atoms in total. The van der Waals surface area contributed by atoms with Crippen LogP contribution in [0.15, 0.2) is 12.1 Å². The molecule has 0 aliphatic carbocycles. The van der Waals surface area contributed by atoms with Crippen molar-refractivity contribution in [3.8, 4) is 0 Å². The summed E-state index contributed by atoms with van der Waals surface area (Å²) in [5.41, 5.74) is 6.83. The molecule has 1 atom stereocenters. The van der Waals surface area contributed by atoms with Crippen molar-refractivity contribution in [1.82, 2.24) is 0 Å². The van der Waals surface area contributed by atoms with Gasteiger partial charge < -0.3 is 16.2 Å². The van der Waals surface area contributed by atoms with Crippen LogP contribution in [-0.4, -0.2) is 23.0 Å². The fraction of sp³-hybridized carbons (Fsp3) is 0.385. The highest BCUT2D eigenvalue weighted by molar-refractivity contribution is 6.02. The summed E-state index contributed by atoms with van der Waals surface area (Å²) in [6.07, 6.45) is 0.856. The first-order valence-corrected chi connectivity index (χ1v) is 5.81. The Bertz CT molecular complexity index is 483. The van der Waals surface area contributed by atoms with E-state index in [9.17, 15) is 9.59 Å². The fourth-order valence-electron chi connectivity index (χ4n) is 1.68. The molecule has 0 spiro atoms. The Hall–Kier alpha value is -2.04. The van der Waals surface area contributed by atoms with Crippen LogP contribution in [0, 0.1) is 6.92 Å². The van der Waals surface area contributed by atoms with E-state index in [0.29, 0.717) is 16.8 Å². The van der Waals surface area contributed by atoms with Crippen LogP contribution >= 0.6 is 0 Å². The summed E-state index contributed by atoms with van der Waals surface area (Å²) in [7, 11) is 0. The van der Waals surface area contributed by atoms with Crippen molar-refractivity contribution < 1.29 is 14.7 Å². The van der Waals surface area contributed by atoms with Crippen LogP contribution < -0.4 is 11.1 Å². The highest BCUT2D eigenvalue weighted by Gasteiger charge is 2.18. The third kappa shape index (κ3) is 2.80. The van der Waals surface area contributed by atoms with Gasteiger partial charge in [0.15, 0.2) is 0 Å². The van der Waals surface area contributed by atoms with Crippen LogP contribution in [0.3, 0.4) is 0 Å². The highest BCUT2D eigenvalue weighted by atomic mass is 16.4. The Morgan fingerprint density at radius 1 is 1.39 bits per heavy atom. The maximum absolute atomic E-state index is 11.4. The number of carbonyl (C=O) groups is 2. The number of nitrogens with two attached hydrogens (primary N) is 1. The van der Waals surface area contributed by atoms with Crippen LogP contribution in [-0.2, 0) is 0 Å². The summed E-state index contributed by atoms with van der Waals surface area (Å²) in [6, 6.07) is 2.98. The number of hydrogen-bond acceptors (Lipinski definition) is 3. The molecule has 1 rings (SSSR count). The number of amides is 1. The van der Waals surface area contributed by atoms with Gasteiger partial charge in [0.05, 0.1) is 16.8 Å². The summed E-state index contributed by atoms with van der Waals surface area (Å²) in [5.74, 6) is -1.59. The lowest BCUT2D eigenvalue weighted by Gasteiger charge is -2.19. The van der Waals surface area contributed by atoms with Crippen molar-refractivity contribution in [2.75, 3.05) is 5.32 Å². The van der Waals surface area contributed by atoms with Crippen molar-refractivity contribution in [2.45, 2.75) is 33.2 Å². The molecule has 18 heavy (non-hydrogen) atoms. The summed E-state index contributed by atoms with van der Waals surface area (Å²) < 4.78 is 0. The molecule has 1 aromatic rings. The fourth-order valence-corrected chi connectivity index (χ4v) is 1.68. The Kier molecular flexibility index (Phi) is 4.31. The van der Waals surface area contributed by atoms with Gasteiger partial charge in [-0.3, -0.25) is 4.79 Å². The Labute approximate surface area is 106 Å². The van der Waals surface area contributed by atoms with Gasteiger partial charge in [0.2, 0.25) is 0 Å². The monoisotopic (exact) mass is 250 g/mol. The van der Waals surface area contributed by atoms with E-state index < -0.39 is 11.9 Å². The number of nitrogens with one attached hydrogen (secondary N) is 1. The zero-order valence-electron chi connectivity index (χ0n) is 10.8. The smallest absolute Gasteiger partial charge is 0.336 e. The first-order chi connectivity index (χ1) is 8.38. The predicted octanol–water partition coefficient (Wildman–Crippen LogP) is 2.00. The molecule has 5 heteroatoms. The molecule has 98 valence electrons. The molecule has 0 radical (unpaired) electrons. The Morgan fingerprint density at radius 3 is 2.39 bits per heavy atom. The minimum Gasteiger partial charge on any atom is -0.478 e. The van der Waals surface area contributed by atoms with E-state index in [1.165, 1.54) is 12.1 Å². The van der Waals surface area contributed by atoms with E-state index >= 15 is 0 Å². The Balaban J connectivity index is 3.35. The van der Waals surface area contributed by atoms with Gasteiger partial charge in [-0.15, -0.1) is 0 Å². The molecular weight excluding hydrogens is 232 g/mol. The first kappa shape index (κ1) is 14.0. The molecule has 0 aliphatic heterocycles. The van der Waals surface area contributed by atoms with Gasteiger partial charge in [-0.1, -0.05) is 6.92 Å². The molecular formula is C13H18N2O3. The van der Waals surface area contributed by atoms with Crippen LogP contribution in [0.2, 0.25) is 0 Å². The number of benzene rings is 1. The Morgan fingerprint density at radius 2 is 1.94 bits per heavy atom. The summed E-state index contributed by atoms with van der Waals surface area (Å²) >= 11 is 0.